The molecule has 0 atom stereocenters. The second kappa shape index (κ2) is 8.94. The van der Waals surface area contributed by atoms with Crippen LogP contribution >= 0.6 is 35.0 Å². The van der Waals surface area contributed by atoms with Crippen molar-refractivity contribution < 1.29 is 4.79 Å². The molecule has 6 nitrogen and oxygen atoms in total. The standard InChI is InChI=1S/C19H18Cl2N4O2S/c1-11(2)9-25-18(27)13-8-12(20)5-6-14(13)24-19(25)28-10-16(26)23-15-4-3-7-22-17(15)21/h3-8,11H,9-10H2,1-2H3,(H,23,26). The minimum Gasteiger partial charge on any atom is -0.323 e. The fourth-order valence-electron chi connectivity index (χ4n) is 2.60. The number of carbonyl (C=O) groups excluding carboxylic acids is 1. The number of nitrogens with one attached hydrogen (secondary N) is 1. The molecule has 9 heteroatoms. The molecule has 2 heterocycles. The van der Waals surface area contributed by atoms with Gasteiger partial charge in [0.05, 0.1) is 22.3 Å². The van der Waals surface area contributed by atoms with Gasteiger partial charge in [-0.2, -0.15) is 0 Å². The van der Waals surface area contributed by atoms with Crippen molar-refractivity contribution >= 4 is 57.5 Å². The number of rotatable bonds is 6. The third-order valence-electron chi connectivity index (χ3n) is 3.79. The molecule has 0 unspecified atom stereocenters. The number of anilines is 1. The van der Waals surface area contributed by atoms with Crippen LogP contribution in [0.2, 0.25) is 10.2 Å². The topological polar surface area (TPSA) is 76.9 Å². The van der Waals surface area contributed by atoms with Crippen molar-refractivity contribution in [3.05, 3.63) is 57.1 Å². The average Bonchev–Trinajstić information content (AvgIpc) is 2.65. The summed E-state index contributed by atoms with van der Waals surface area (Å²) in [4.78, 5) is 33.8. The third kappa shape index (κ3) is 4.84. The van der Waals surface area contributed by atoms with Gasteiger partial charge in [0.25, 0.3) is 5.56 Å². The number of fused-ring (bicyclic) bond motifs is 1. The molecule has 0 fully saturated rings. The highest BCUT2D eigenvalue weighted by molar-refractivity contribution is 7.99. The van der Waals surface area contributed by atoms with Gasteiger partial charge in [0, 0.05) is 17.8 Å². The molecule has 1 amide bonds. The molecule has 0 saturated carbocycles. The molecule has 3 aromatic rings. The van der Waals surface area contributed by atoms with Crippen LogP contribution in [0.1, 0.15) is 13.8 Å². The summed E-state index contributed by atoms with van der Waals surface area (Å²) in [6, 6.07) is 8.37. The Balaban J connectivity index is 1.87. The maximum absolute atomic E-state index is 12.9. The summed E-state index contributed by atoms with van der Waals surface area (Å²) in [5.74, 6) is 0.0504. The first-order valence-electron chi connectivity index (χ1n) is 8.58. The summed E-state index contributed by atoms with van der Waals surface area (Å²) in [5.41, 5.74) is 0.822. The van der Waals surface area contributed by atoms with Gasteiger partial charge in [-0.3, -0.25) is 14.2 Å². The Kier molecular flexibility index (Phi) is 6.59. The van der Waals surface area contributed by atoms with Gasteiger partial charge in [0.2, 0.25) is 5.91 Å². The monoisotopic (exact) mass is 436 g/mol. The fraction of sp³-hybridized carbons (Fsp3) is 0.263. The van der Waals surface area contributed by atoms with Gasteiger partial charge < -0.3 is 5.32 Å². The van der Waals surface area contributed by atoms with E-state index in [4.69, 9.17) is 23.2 Å². The largest absolute Gasteiger partial charge is 0.323 e. The second-order valence-corrected chi connectivity index (χ2v) is 8.28. The van der Waals surface area contributed by atoms with E-state index in [0.717, 1.165) is 0 Å². The quantitative estimate of drug-likeness (QED) is 0.350. The second-order valence-electron chi connectivity index (χ2n) is 6.54. The number of halogens is 2. The zero-order valence-electron chi connectivity index (χ0n) is 15.3. The SMILES string of the molecule is CC(C)Cn1c(SCC(=O)Nc2cccnc2Cl)nc2ccc(Cl)cc2c1=O. The highest BCUT2D eigenvalue weighted by atomic mass is 35.5. The van der Waals surface area contributed by atoms with Crippen LogP contribution in [0.5, 0.6) is 0 Å². The molecule has 28 heavy (non-hydrogen) atoms. The predicted octanol–water partition coefficient (Wildman–Crippen LogP) is 4.49. The van der Waals surface area contributed by atoms with Gasteiger partial charge in [0.1, 0.15) is 0 Å². The molecular weight excluding hydrogens is 419 g/mol. The summed E-state index contributed by atoms with van der Waals surface area (Å²) in [7, 11) is 0. The molecular formula is C19H18Cl2N4O2S. The number of hydrogen-bond acceptors (Lipinski definition) is 5. The summed E-state index contributed by atoms with van der Waals surface area (Å²) < 4.78 is 1.60. The minimum absolute atomic E-state index is 0.0782. The van der Waals surface area contributed by atoms with Crippen LogP contribution in [0.25, 0.3) is 10.9 Å². The zero-order chi connectivity index (χ0) is 20.3. The van der Waals surface area contributed by atoms with Gasteiger partial charge in [-0.25, -0.2) is 9.97 Å². The van der Waals surface area contributed by atoms with E-state index in [1.807, 2.05) is 13.8 Å². The number of thioether (sulfide) groups is 1. The van der Waals surface area contributed by atoms with E-state index in [1.165, 1.54) is 11.8 Å². The number of amides is 1. The third-order valence-corrected chi connectivity index (χ3v) is 5.31. The van der Waals surface area contributed by atoms with E-state index in [9.17, 15) is 9.59 Å². The molecule has 0 bridgehead atoms. The van der Waals surface area contributed by atoms with Crippen molar-refractivity contribution in [3.63, 3.8) is 0 Å². The van der Waals surface area contributed by atoms with Gasteiger partial charge >= 0.3 is 0 Å². The number of carbonyl (C=O) groups is 1. The molecule has 0 aliphatic carbocycles. The first-order valence-corrected chi connectivity index (χ1v) is 10.3. The highest BCUT2D eigenvalue weighted by Gasteiger charge is 2.15. The molecule has 1 aromatic carbocycles. The number of pyridine rings is 1. The first-order chi connectivity index (χ1) is 13.3. The maximum atomic E-state index is 12.9. The Morgan fingerprint density at radius 2 is 2.07 bits per heavy atom. The van der Waals surface area contributed by atoms with Crippen molar-refractivity contribution in [2.45, 2.75) is 25.5 Å². The molecule has 3 rings (SSSR count). The van der Waals surface area contributed by atoms with E-state index in [-0.39, 0.29) is 28.3 Å². The van der Waals surface area contributed by atoms with E-state index in [2.05, 4.69) is 15.3 Å². The Morgan fingerprint density at radius 1 is 1.29 bits per heavy atom. The van der Waals surface area contributed by atoms with Crippen LogP contribution in [0.15, 0.2) is 46.5 Å². The average molecular weight is 437 g/mol. The van der Waals surface area contributed by atoms with E-state index >= 15 is 0 Å². The van der Waals surface area contributed by atoms with Crippen LogP contribution in [0.3, 0.4) is 0 Å². The smallest absolute Gasteiger partial charge is 0.262 e. The maximum Gasteiger partial charge on any atom is 0.262 e. The summed E-state index contributed by atoms with van der Waals surface area (Å²) in [6.45, 7) is 4.52. The molecule has 0 saturated heterocycles. The van der Waals surface area contributed by atoms with Gasteiger partial charge in [0.15, 0.2) is 10.3 Å². The lowest BCUT2D eigenvalue weighted by Gasteiger charge is -2.15. The number of hydrogen-bond donors (Lipinski definition) is 1. The van der Waals surface area contributed by atoms with E-state index < -0.39 is 0 Å². The minimum atomic E-state index is -0.263. The lowest BCUT2D eigenvalue weighted by atomic mass is 10.2. The van der Waals surface area contributed by atoms with E-state index in [1.54, 1.807) is 41.1 Å². The molecule has 0 spiro atoms. The van der Waals surface area contributed by atoms with E-state index in [0.29, 0.717) is 33.3 Å². The van der Waals surface area contributed by atoms with Crippen LogP contribution < -0.4 is 10.9 Å². The zero-order valence-corrected chi connectivity index (χ0v) is 17.6. The van der Waals surface area contributed by atoms with Crippen molar-refractivity contribution in [3.8, 4) is 0 Å². The molecule has 1 N–H and O–H groups in total. The summed E-state index contributed by atoms with van der Waals surface area (Å²) in [6.07, 6.45) is 1.54. The molecule has 2 aromatic heterocycles. The molecule has 0 aliphatic heterocycles. The van der Waals surface area contributed by atoms with Gasteiger partial charge in [-0.15, -0.1) is 0 Å². The lowest BCUT2D eigenvalue weighted by molar-refractivity contribution is -0.113. The van der Waals surface area contributed by atoms with Crippen molar-refractivity contribution in [1.82, 2.24) is 14.5 Å². The van der Waals surface area contributed by atoms with Crippen molar-refractivity contribution in [2.24, 2.45) is 5.92 Å². The fourth-order valence-corrected chi connectivity index (χ4v) is 3.75. The predicted molar refractivity (Wildman–Crippen MR) is 114 cm³/mol. The molecule has 146 valence electrons. The Morgan fingerprint density at radius 3 is 2.79 bits per heavy atom. The number of nitrogens with zero attached hydrogens (tertiary/aromatic N) is 3. The normalized spacial score (nSPS) is 11.2. The van der Waals surface area contributed by atoms with Crippen LogP contribution in [0, 0.1) is 5.92 Å². The first kappa shape index (κ1) is 20.6. The Hall–Kier alpha value is -2.09. The van der Waals surface area contributed by atoms with Crippen LogP contribution in [-0.4, -0.2) is 26.2 Å². The van der Waals surface area contributed by atoms with Crippen molar-refractivity contribution in [1.29, 1.82) is 0 Å². The van der Waals surface area contributed by atoms with Crippen molar-refractivity contribution in [2.75, 3.05) is 11.1 Å². The Bertz CT molecular complexity index is 1090. The molecule has 0 radical (unpaired) electrons. The lowest BCUT2D eigenvalue weighted by Crippen LogP contribution is -2.26. The summed E-state index contributed by atoms with van der Waals surface area (Å²) in [5, 5.41) is 4.36. The Labute approximate surface area is 176 Å². The molecule has 0 aliphatic rings. The van der Waals surface area contributed by atoms with Gasteiger partial charge in [-0.1, -0.05) is 48.8 Å². The summed E-state index contributed by atoms with van der Waals surface area (Å²) >= 11 is 13.2. The van der Waals surface area contributed by atoms with Crippen LogP contribution in [-0.2, 0) is 11.3 Å². The highest BCUT2D eigenvalue weighted by Crippen LogP contribution is 2.22. The van der Waals surface area contributed by atoms with Gasteiger partial charge in [-0.05, 0) is 36.2 Å². The number of aromatic nitrogens is 3. The van der Waals surface area contributed by atoms with Crippen LogP contribution in [0.4, 0.5) is 5.69 Å². The number of benzene rings is 1.